The largest absolute Gasteiger partial charge is 0.480 e. The summed E-state index contributed by atoms with van der Waals surface area (Å²) in [4.78, 5) is 10.5. The summed E-state index contributed by atoms with van der Waals surface area (Å²) in [6, 6.07) is 3.33. The molecule has 0 aliphatic carbocycles. The highest BCUT2D eigenvalue weighted by atomic mass is 32.2. The number of sulfonamides is 2. The van der Waals surface area contributed by atoms with Gasteiger partial charge in [0.1, 0.15) is 6.04 Å². The number of hydrogen-bond donors (Lipinski definition) is 2. The van der Waals surface area contributed by atoms with Crippen molar-refractivity contribution in [3.63, 3.8) is 0 Å². The molecule has 1 atom stereocenters. The van der Waals surface area contributed by atoms with E-state index in [0.717, 1.165) is 12.1 Å². The summed E-state index contributed by atoms with van der Waals surface area (Å²) in [5.41, 5.74) is 0. The van der Waals surface area contributed by atoms with Gasteiger partial charge in [0.05, 0.1) is 23.0 Å². The Morgan fingerprint density at radius 1 is 1.12 bits per heavy atom. The van der Waals surface area contributed by atoms with Crippen LogP contribution in [0.15, 0.2) is 34.1 Å². The molecule has 0 radical (unpaired) electrons. The zero-order valence-corrected chi connectivity index (χ0v) is 14.5. The normalized spacial score (nSPS) is 18.2. The second-order valence-electron chi connectivity index (χ2n) is 5.17. The summed E-state index contributed by atoms with van der Waals surface area (Å²) in [5.74, 6) is -1.31. The predicted molar refractivity (Wildman–Crippen MR) is 83.4 cm³/mol. The number of nitrogens with zero attached hydrogens (tertiary/aromatic N) is 1. The van der Waals surface area contributed by atoms with Crippen LogP contribution >= 0.6 is 0 Å². The van der Waals surface area contributed by atoms with E-state index in [1.54, 1.807) is 0 Å². The van der Waals surface area contributed by atoms with Crippen LogP contribution in [0, 0.1) is 0 Å². The summed E-state index contributed by atoms with van der Waals surface area (Å²) in [5, 5.41) is 8.77. The fourth-order valence-corrected chi connectivity index (χ4v) is 4.68. The Hall–Kier alpha value is -1.53. The Morgan fingerprint density at radius 3 is 2.12 bits per heavy atom. The molecule has 1 fully saturated rings. The van der Waals surface area contributed by atoms with Gasteiger partial charge >= 0.3 is 5.97 Å². The monoisotopic (exact) mass is 378 g/mol. The second kappa shape index (κ2) is 7.15. The van der Waals surface area contributed by atoms with Crippen LogP contribution in [0.4, 0.5) is 0 Å². The quantitative estimate of drug-likeness (QED) is 0.680. The van der Waals surface area contributed by atoms with Crippen molar-refractivity contribution in [1.29, 1.82) is 0 Å². The molecule has 1 aromatic carbocycles. The van der Waals surface area contributed by atoms with E-state index >= 15 is 0 Å². The summed E-state index contributed by atoms with van der Waals surface area (Å²) >= 11 is 0. The zero-order valence-electron chi connectivity index (χ0n) is 12.9. The minimum absolute atomic E-state index is 0.0327. The lowest BCUT2D eigenvalue weighted by molar-refractivity contribution is -0.138. The van der Waals surface area contributed by atoms with Crippen molar-refractivity contribution in [2.24, 2.45) is 0 Å². The van der Waals surface area contributed by atoms with Crippen molar-refractivity contribution in [2.75, 3.05) is 26.3 Å². The smallest absolute Gasteiger partial charge is 0.321 e. The Labute approximate surface area is 140 Å². The van der Waals surface area contributed by atoms with Gasteiger partial charge in [-0.3, -0.25) is 4.79 Å². The Kier molecular flexibility index (Phi) is 5.60. The number of rotatable bonds is 6. The number of aliphatic carboxylic acids is 1. The van der Waals surface area contributed by atoms with Gasteiger partial charge in [-0.2, -0.15) is 9.03 Å². The van der Waals surface area contributed by atoms with Crippen molar-refractivity contribution in [1.82, 2.24) is 9.03 Å². The van der Waals surface area contributed by atoms with Crippen molar-refractivity contribution >= 4 is 26.0 Å². The molecule has 1 aromatic rings. The van der Waals surface area contributed by atoms with E-state index in [9.17, 15) is 21.6 Å². The topological polar surface area (TPSA) is 130 Å². The predicted octanol–water partition coefficient (Wildman–Crippen LogP) is -0.541. The van der Waals surface area contributed by atoms with Gasteiger partial charge in [0.2, 0.25) is 20.0 Å². The molecule has 1 aliphatic heterocycles. The molecule has 1 aliphatic rings. The third kappa shape index (κ3) is 4.11. The van der Waals surface area contributed by atoms with E-state index in [1.807, 2.05) is 4.72 Å². The molecule has 1 saturated heterocycles. The first kappa shape index (κ1) is 18.8. The molecule has 2 rings (SSSR count). The molecule has 0 amide bonds. The number of carboxylic acid groups (broad SMARTS) is 1. The summed E-state index contributed by atoms with van der Waals surface area (Å²) < 4.78 is 57.4. The van der Waals surface area contributed by atoms with Gasteiger partial charge < -0.3 is 9.84 Å². The van der Waals surface area contributed by atoms with Crippen molar-refractivity contribution in [3.05, 3.63) is 24.3 Å². The van der Waals surface area contributed by atoms with Gasteiger partial charge in [-0.1, -0.05) is 0 Å². The molecule has 2 N–H and O–H groups in total. The number of carboxylic acids is 1. The third-order valence-corrected chi connectivity index (χ3v) is 6.91. The third-order valence-electron chi connectivity index (χ3n) is 3.44. The molecular formula is C13H18N2O7S2. The van der Waals surface area contributed by atoms with Crippen LogP contribution in [0.3, 0.4) is 0 Å². The van der Waals surface area contributed by atoms with Crippen molar-refractivity contribution in [3.8, 4) is 0 Å². The Morgan fingerprint density at radius 2 is 1.62 bits per heavy atom. The standard InChI is InChI=1S/C13H18N2O7S2/c1-10(13(16)17)14-23(18,19)11-2-4-12(5-3-11)24(20,21)15-6-8-22-9-7-15/h2-5,10,14H,6-9H2,1H3,(H,16,17). The second-order valence-corrected chi connectivity index (χ2v) is 8.82. The molecule has 1 heterocycles. The number of ether oxygens (including phenoxy) is 1. The maximum absolute atomic E-state index is 12.4. The van der Waals surface area contributed by atoms with E-state index in [4.69, 9.17) is 9.84 Å². The van der Waals surface area contributed by atoms with Crippen LogP contribution in [-0.2, 0) is 29.6 Å². The lowest BCUT2D eigenvalue weighted by atomic mass is 10.4. The first-order valence-corrected chi connectivity index (χ1v) is 10.00. The minimum atomic E-state index is -4.05. The molecule has 134 valence electrons. The zero-order chi connectivity index (χ0) is 18.0. The molecule has 0 spiro atoms. The number of benzene rings is 1. The van der Waals surface area contributed by atoms with Gasteiger partial charge in [0, 0.05) is 13.1 Å². The van der Waals surface area contributed by atoms with Crippen LogP contribution in [0.25, 0.3) is 0 Å². The van der Waals surface area contributed by atoms with Gasteiger partial charge in [-0.25, -0.2) is 16.8 Å². The number of carbonyl (C=O) groups is 1. The molecule has 11 heteroatoms. The highest BCUT2D eigenvalue weighted by Gasteiger charge is 2.27. The minimum Gasteiger partial charge on any atom is -0.480 e. The maximum atomic E-state index is 12.4. The molecule has 0 saturated carbocycles. The van der Waals surface area contributed by atoms with E-state index in [0.29, 0.717) is 13.2 Å². The van der Waals surface area contributed by atoms with Crippen LogP contribution in [0.2, 0.25) is 0 Å². The lowest BCUT2D eigenvalue weighted by Crippen LogP contribution is -2.40. The summed E-state index contributed by atoms with van der Waals surface area (Å²) in [7, 11) is -7.77. The van der Waals surface area contributed by atoms with Crippen molar-refractivity contribution in [2.45, 2.75) is 22.8 Å². The van der Waals surface area contributed by atoms with Crippen LogP contribution < -0.4 is 4.72 Å². The fourth-order valence-electron chi connectivity index (χ4n) is 2.08. The Bertz CT molecular complexity index is 797. The van der Waals surface area contributed by atoms with E-state index in [2.05, 4.69) is 0 Å². The lowest BCUT2D eigenvalue weighted by Gasteiger charge is -2.26. The first-order chi connectivity index (χ1) is 11.1. The maximum Gasteiger partial charge on any atom is 0.321 e. The van der Waals surface area contributed by atoms with Crippen LogP contribution in [0.1, 0.15) is 6.92 Å². The first-order valence-electron chi connectivity index (χ1n) is 7.08. The molecule has 0 bridgehead atoms. The van der Waals surface area contributed by atoms with Gasteiger partial charge in [0.25, 0.3) is 0 Å². The Balaban J connectivity index is 2.22. The van der Waals surface area contributed by atoms with Gasteiger partial charge in [-0.05, 0) is 31.2 Å². The number of hydrogen-bond acceptors (Lipinski definition) is 6. The summed E-state index contributed by atoms with van der Waals surface area (Å²) in [6.45, 7) is 2.28. The highest BCUT2D eigenvalue weighted by molar-refractivity contribution is 7.89. The molecule has 9 nitrogen and oxygen atoms in total. The fraction of sp³-hybridized carbons (Fsp3) is 0.462. The molecule has 0 aromatic heterocycles. The van der Waals surface area contributed by atoms with E-state index in [-0.39, 0.29) is 22.9 Å². The molecular weight excluding hydrogens is 360 g/mol. The average Bonchev–Trinajstić information content (AvgIpc) is 2.55. The highest BCUT2D eigenvalue weighted by Crippen LogP contribution is 2.19. The molecule has 1 unspecified atom stereocenters. The van der Waals surface area contributed by atoms with Crippen LogP contribution in [0.5, 0.6) is 0 Å². The van der Waals surface area contributed by atoms with Crippen molar-refractivity contribution < 1.29 is 31.5 Å². The van der Waals surface area contributed by atoms with Gasteiger partial charge in [0.15, 0.2) is 0 Å². The SMILES string of the molecule is CC(NS(=O)(=O)c1ccc(S(=O)(=O)N2CCOCC2)cc1)C(=O)O. The average molecular weight is 378 g/mol. The van der Waals surface area contributed by atoms with Crippen LogP contribution in [-0.4, -0.2) is 64.6 Å². The molecule has 24 heavy (non-hydrogen) atoms. The van der Waals surface area contributed by atoms with E-state index in [1.165, 1.54) is 23.4 Å². The number of nitrogens with one attached hydrogen (secondary N) is 1. The van der Waals surface area contributed by atoms with E-state index < -0.39 is 32.1 Å². The number of morpholine rings is 1. The summed E-state index contributed by atoms with van der Waals surface area (Å²) in [6.07, 6.45) is 0. The van der Waals surface area contributed by atoms with Gasteiger partial charge in [-0.15, -0.1) is 0 Å².